The van der Waals surface area contributed by atoms with E-state index in [2.05, 4.69) is 27.3 Å². The van der Waals surface area contributed by atoms with Crippen LogP contribution in [0.15, 0.2) is 23.2 Å². The van der Waals surface area contributed by atoms with Gasteiger partial charge in [0.1, 0.15) is 24.0 Å². The summed E-state index contributed by atoms with van der Waals surface area (Å²) < 4.78 is 29.5. The lowest BCUT2D eigenvalue weighted by molar-refractivity contribution is 0.369. The molecule has 0 atom stereocenters. The number of nitrogens with zero attached hydrogens (tertiary/aromatic N) is 6. The number of anilines is 1. The summed E-state index contributed by atoms with van der Waals surface area (Å²) >= 11 is 0. The third kappa shape index (κ3) is 5.21. The van der Waals surface area contributed by atoms with Gasteiger partial charge >= 0.3 is 0 Å². The summed E-state index contributed by atoms with van der Waals surface area (Å²) in [5, 5.41) is 11.7. The minimum Gasteiger partial charge on any atom is -0.366 e. The molecule has 0 spiro atoms. The quantitative estimate of drug-likeness (QED) is 0.455. The van der Waals surface area contributed by atoms with Gasteiger partial charge in [0.2, 0.25) is 0 Å². The number of rotatable bonds is 6. The van der Waals surface area contributed by atoms with Crippen LogP contribution in [0.1, 0.15) is 31.4 Å². The van der Waals surface area contributed by atoms with Crippen LogP contribution in [0.2, 0.25) is 0 Å². The molecule has 1 aromatic carbocycles. The second-order valence-electron chi connectivity index (χ2n) is 7.21. The van der Waals surface area contributed by atoms with Crippen molar-refractivity contribution in [3.05, 3.63) is 41.5 Å². The van der Waals surface area contributed by atoms with Crippen LogP contribution in [-0.4, -0.2) is 58.3 Å². The number of halogens is 2. The number of guanidine groups is 1. The van der Waals surface area contributed by atoms with E-state index in [1.807, 2.05) is 23.4 Å². The zero-order valence-corrected chi connectivity index (χ0v) is 17.3. The lowest BCUT2D eigenvalue weighted by atomic mass is 10.2. The smallest absolute Gasteiger partial charge is 0.194 e. The Balaban J connectivity index is 1.67. The van der Waals surface area contributed by atoms with Crippen molar-refractivity contribution < 1.29 is 8.78 Å². The number of hydrogen-bond acceptors (Lipinski definition) is 4. The van der Waals surface area contributed by atoms with E-state index in [4.69, 9.17) is 4.99 Å². The second-order valence-corrected chi connectivity index (χ2v) is 7.21. The molecular weight excluding hydrogens is 376 g/mol. The van der Waals surface area contributed by atoms with Gasteiger partial charge in [0, 0.05) is 45.8 Å². The largest absolute Gasteiger partial charge is 0.366 e. The molecular formula is C20H29F2N7. The van der Waals surface area contributed by atoms with E-state index in [1.165, 1.54) is 12.1 Å². The first-order valence-corrected chi connectivity index (χ1v) is 10.1. The number of piperazine rings is 1. The molecule has 2 heterocycles. The first-order chi connectivity index (χ1) is 14.0. The van der Waals surface area contributed by atoms with Crippen LogP contribution < -0.4 is 10.2 Å². The molecule has 9 heteroatoms. The molecule has 0 saturated carbocycles. The summed E-state index contributed by atoms with van der Waals surface area (Å²) in [6, 6.07) is 3.58. The molecule has 1 aliphatic heterocycles. The number of benzene rings is 1. The topological polar surface area (TPSA) is 61.6 Å². The van der Waals surface area contributed by atoms with Crippen LogP contribution in [-0.2, 0) is 13.6 Å². The zero-order chi connectivity index (χ0) is 20.8. The Kier molecular flexibility index (Phi) is 7.00. The SMILES string of the molecule is CCCCNC(=NCc1nnc(C)n1C)N1CCN(c2cc(F)ccc2F)CC1. The van der Waals surface area contributed by atoms with Gasteiger partial charge in [-0.25, -0.2) is 13.8 Å². The number of nitrogens with one attached hydrogen (secondary N) is 1. The lowest BCUT2D eigenvalue weighted by Crippen LogP contribution is -2.53. The predicted molar refractivity (Wildman–Crippen MR) is 110 cm³/mol. The van der Waals surface area contributed by atoms with Gasteiger partial charge in [-0.2, -0.15) is 0 Å². The third-order valence-electron chi connectivity index (χ3n) is 5.19. The zero-order valence-electron chi connectivity index (χ0n) is 17.3. The Labute approximate surface area is 170 Å². The summed E-state index contributed by atoms with van der Waals surface area (Å²) in [7, 11) is 1.93. The molecule has 7 nitrogen and oxygen atoms in total. The van der Waals surface area contributed by atoms with Crippen molar-refractivity contribution in [1.82, 2.24) is 25.0 Å². The van der Waals surface area contributed by atoms with E-state index in [1.54, 1.807) is 0 Å². The van der Waals surface area contributed by atoms with Crippen LogP contribution in [0.5, 0.6) is 0 Å². The number of unbranched alkanes of at least 4 members (excludes halogenated alkanes) is 1. The average Bonchev–Trinajstić information content (AvgIpc) is 3.05. The Morgan fingerprint density at radius 1 is 1.17 bits per heavy atom. The van der Waals surface area contributed by atoms with Gasteiger partial charge in [0.05, 0.1) is 5.69 Å². The minimum absolute atomic E-state index is 0.316. The average molecular weight is 405 g/mol. The molecule has 1 aromatic heterocycles. The Hall–Kier alpha value is -2.71. The highest BCUT2D eigenvalue weighted by Gasteiger charge is 2.22. The normalized spacial score (nSPS) is 15.1. The molecule has 1 N–H and O–H groups in total. The molecule has 1 saturated heterocycles. The van der Waals surface area contributed by atoms with Crippen LogP contribution in [0.25, 0.3) is 0 Å². The summed E-state index contributed by atoms with van der Waals surface area (Å²) in [5.41, 5.74) is 0.316. The molecule has 0 amide bonds. The molecule has 0 radical (unpaired) electrons. The maximum atomic E-state index is 14.1. The van der Waals surface area contributed by atoms with Crippen molar-refractivity contribution in [1.29, 1.82) is 0 Å². The Morgan fingerprint density at radius 3 is 2.59 bits per heavy atom. The summed E-state index contributed by atoms with van der Waals surface area (Å²) in [6.45, 7) is 7.86. The fourth-order valence-electron chi connectivity index (χ4n) is 3.27. The van der Waals surface area contributed by atoms with Gasteiger partial charge in [0.15, 0.2) is 11.8 Å². The van der Waals surface area contributed by atoms with Crippen molar-refractivity contribution in [2.24, 2.45) is 12.0 Å². The number of aromatic nitrogens is 3. The third-order valence-corrected chi connectivity index (χ3v) is 5.19. The fourth-order valence-corrected chi connectivity index (χ4v) is 3.27. The lowest BCUT2D eigenvalue weighted by Gasteiger charge is -2.37. The van der Waals surface area contributed by atoms with Gasteiger partial charge in [-0.05, 0) is 25.5 Å². The molecule has 2 aromatic rings. The van der Waals surface area contributed by atoms with Crippen LogP contribution in [0.4, 0.5) is 14.5 Å². The molecule has 3 rings (SSSR count). The molecule has 0 unspecified atom stereocenters. The maximum Gasteiger partial charge on any atom is 0.194 e. The second kappa shape index (κ2) is 9.67. The van der Waals surface area contributed by atoms with E-state index in [-0.39, 0.29) is 0 Å². The van der Waals surface area contributed by atoms with E-state index in [9.17, 15) is 8.78 Å². The highest BCUT2D eigenvalue weighted by molar-refractivity contribution is 5.80. The van der Waals surface area contributed by atoms with E-state index in [0.29, 0.717) is 38.4 Å². The van der Waals surface area contributed by atoms with Crippen molar-refractivity contribution in [3.8, 4) is 0 Å². The standard InChI is InChI=1S/C20H29F2N7/c1-4-5-8-23-20(24-14-19-26-25-15(2)27(19)3)29-11-9-28(10-12-29)18-13-16(21)6-7-17(18)22/h6-7,13H,4-5,8-12,14H2,1-3H3,(H,23,24). The van der Waals surface area contributed by atoms with E-state index in [0.717, 1.165) is 43.1 Å². The molecule has 1 fully saturated rings. The van der Waals surface area contributed by atoms with Crippen LogP contribution in [0, 0.1) is 18.6 Å². The van der Waals surface area contributed by atoms with Crippen molar-refractivity contribution in [3.63, 3.8) is 0 Å². The van der Waals surface area contributed by atoms with Gasteiger partial charge in [-0.1, -0.05) is 13.3 Å². The van der Waals surface area contributed by atoms with Crippen molar-refractivity contribution in [2.75, 3.05) is 37.6 Å². The number of aliphatic imine (C=N–C) groups is 1. The van der Waals surface area contributed by atoms with Crippen molar-refractivity contribution >= 4 is 11.6 Å². The Bertz CT molecular complexity index is 841. The summed E-state index contributed by atoms with van der Waals surface area (Å²) in [5.74, 6) is 1.65. The van der Waals surface area contributed by atoms with Crippen LogP contribution >= 0.6 is 0 Å². The highest BCUT2D eigenvalue weighted by Crippen LogP contribution is 2.22. The Morgan fingerprint density at radius 2 is 1.93 bits per heavy atom. The molecule has 0 bridgehead atoms. The minimum atomic E-state index is -0.425. The summed E-state index contributed by atoms with van der Waals surface area (Å²) in [4.78, 5) is 8.79. The molecule has 1 aliphatic rings. The first-order valence-electron chi connectivity index (χ1n) is 10.1. The summed E-state index contributed by atoms with van der Waals surface area (Å²) in [6.07, 6.45) is 2.14. The number of aryl methyl sites for hydroxylation is 1. The fraction of sp³-hybridized carbons (Fsp3) is 0.550. The molecule has 0 aliphatic carbocycles. The van der Waals surface area contributed by atoms with Gasteiger partial charge in [0.25, 0.3) is 0 Å². The van der Waals surface area contributed by atoms with Crippen molar-refractivity contribution in [2.45, 2.75) is 33.2 Å². The monoisotopic (exact) mass is 405 g/mol. The van der Waals surface area contributed by atoms with Gasteiger partial charge in [-0.3, -0.25) is 0 Å². The molecule has 29 heavy (non-hydrogen) atoms. The van der Waals surface area contributed by atoms with Gasteiger partial charge in [-0.15, -0.1) is 10.2 Å². The molecule has 158 valence electrons. The van der Waals surface area contributed by atoms with Crippen LogP contribution in [0.3, 0.4) is 0 Å². The van der Waals surface area contributed by atoms with E-state index >= 15 is 0 Å². The van der Waals surface area contributed by atoms with E-state index < -0.39 is 11.6 Å². The van der Waals surface area contributed by atoms with Gasteiger partial charge < -0.3 is 19.7 Å². The maximum absolute atomic E-state index is 14.1. The number of hydrogen-bond donors (Lipinski definition) is 1. The predicted octanol–water partition coefficient (Wildman–Crippen LogP) is 2.47. The first kappa shape index (κ1) is 21.0. The highest BCUT2D eigenvalue weighted by atomic mass is 19.1.